The van der Waals surface area contributed by atoms with Gasteiger partial charge in [0.1, 0.15) is 4.88 Å². The number of hydrogen-bond donors (Lipinski definition) is 2. The summed E-state index contributed by atoms with van der Waals surface area (Å²) >= 11 is 1.44. The predicted molar refractivity (Wildman–Crippen MR) is 84.0 cm³/mol. The lowest BCUT2D eigenvalue weighted by molar-refractivity contribution is 0.0762. The van der Waals surface area contributed by atoms with E-state index in [0.717, 1.165) is 31.4 Å². The molecular formula is C16H20N2O2S. The standard InChI is InChI=1S/C16H20N2O2S/c19-12-16(7-2-1-3-8-16)17-15(20)14-13(6-11-21-14)18-9-4-5-10-18/h4-6,9-11,19H,1-3,7-8,12H2,(H,17,20). The number of aliphatic hydroxyl groups excluding tert-OH is 1. The van der Waals surface area contributed by atoms with Crippen LogP contribution in [0.2, 0.25) is 0 Å². The topological polar surface area (TPSA) is 54.3 Å². The minimum absolute atomic E-state index is 0.0168. The van der Waals surface area contributed by atoms with Crippen molar-refractivity contribution in [1.29, 1.82) is 0 Å². The Bertz CT molecular complexity index is 598. The van der Waals surface area contributed by atoms with Crippen molar-refractivity contribution in [2.75, 3.05) is 6.61 Å². The summed E-state index contributed by atoms with van der Waals surface area (Å²) in [5.74, 6) is -0.0790. The second kappa shape index (κ2) is 6.03. The maximum absolute atomic E-state index is 12.6. The summed E-state index contributed by atoms with van der Waals surface area (Å²) in [5, 5.41) is 14.7. The largest absolute Gasteiger partial charge is 0.394 e. The fourth-order valence-electron chi connectivity index (χ4n) is 3.02. The molecule has 1 aliphatic carbocycles. The Morgan fingerprint density at radius 2 is 2.00 bits per heavy atom. The molecule has 2 aromatic rings. The smallest absolute Gasteiger partial charge is 0.264 e. The molecule has 3 rings (SSSR count). The molecule has 2 N–H and O–H groups in total. The van der Waals surface area contributed by atoms with E-state index in [4.69, 9.17) is 0 Å². The molecular weight excluding hydrogens is 284 g/mol. The Labute approximate surface area is 128 Å². The fourth-order valence-corrected chi connectivity index (χ4v) is 3.80. The van der Waals surface area contributed by atoms with Gasteiger partial charge in [-0.05, 0) is 36.4 Å². The molecule has 0 bridgehead atoms. The molecule has 0 atom stereocenters. The van der Waals surface area contributed by atoms with Crippen molar-refractivity contribution in [2.45, 2.75) is 37.6 Å². The highest BCUT2D eigenvalue weighted by Crippen LogP contribution is 2.29. The molecule has 4 nitrogen and oxygen atoms in total. The molecule has 2 aromatic heterocycles. The summed E-state index contributed by atoms with van der Waals surface area (Å²) in [4.78, 5) is 13.3. The molecule has 0 saturated heterocycles. The monoisotopic (exact) mass is 304 g/mol. The highest BCUT2D eigenvalue weighted by Gasteiger charge is 2.33. The minimum atomic E-state index is -0.437. The Kier molecular flexibility index (Phi) is 4.12. The summed E-state index contributed by atoms with van der Waals surface area (Å²) in [6, 6.07) is 5.83. The normalized spacial score (nSPS) is 17.6. The van der Waals surface area contributed by atoms with Gasteiger partial charge in [-0.25, -0.2) is 0 Å². The first kappa shape index (κ1) is 14.4. The highest BCUT2D eigenvalue weighted by molar-refractivity contribution is 7.12. The average molecular weight is 304 g/mol. The zero-order chi connectivity index (χ0) is 14.7. The zero-order valence-corrected chi connectivity index (χ0v) is 12.7. The summed E-state index contributed by atoms with van der Waals surface area (Å²) in [6.45, 7) is 0.0168. The van der Waals surface area contributed by atoms with Gasteiger partial charge in [-0.15, -0.1) is 11.3 Å². The number of thiophene rings is 1. The van der Waals surface area contributed by atoms with E-state index in [1.807, 2.05) is 40.5 Å². The number of aromatic nitrogens is 1. The van der Waals surface area contributed by atoms with E-state index < -0.39 is 5.54 Å². The van der Waals surface area contributed by atoms with Crippen LogP contribution < -0.4 is 5.32 Å². The summed E-state index contributed by atoms with van der Waals surface area (Å²) in [7, 11) is 0. The van der Waals surface area contributed by atoms with Crippen molar-refractivity contribution in [3.05, 3.63) is 40.8 Å². The number of nitrogens with one attached hydrogen (secondary N) is 1. The van der Waals surface area contributed by atoms with Crippen LogP contribution in [0.5, 0.6) is 0 Å². The molecule has 1 aliphatic rings. The second-order valence-corrected chi connectivity index (χ2v) is 6.59. The van der Waals surface area contributed by atoms with Gasteiger partial charge >= 0.3 is 0 Å². The van der Waals surface area contributed by atoms with Crippen LogP contribution in [-0.2, 0) is 0 Å². The van der Waals surface area contributed by atoms with Gasteiger partial charge < -0.3 is 15.0 Å². The second-order valence-electron chi connectivity index (χ2n) is 5.68. The third-order valence-corrected chi connectivity index (χ3v) is 5.13. The van der Waals surface area contributed by atoms with E-state index in [9.17, 15) is 9.90 Å². The molecule has 112 valence electrons. The van der Waals surface area contributed by atoms with Crippen LogP contribution in [0.15, 0.2) is 36.0 Å². The SMILES string of the molecule is O=C(NC1(CO)CCCCC1)c1sccc1-n1cccc1. The van der Waals surface area contributed by atoms with Crippen molar-refractivity contribution in [1.82, 2.24) is 9.88 Å². The molecule has 1 fully saturated rings. The fraction of sp³-hybridized carbons (Fsp3) is 0.438. The van der Waals surface area contributed by atoms with Crippen LogP contribution in [0.3, 0.4) is 0 Å². The third-order valence-electron chi connectivity index (χ3n) is 4.23. The molecule has 0 unspecified atom stereocenters. The van der Waals surface area contributed by atoms with Gasteiger partial charge in [-0.2, -0.15) is 0 Å². The molecule has 1 saturated carbocycles. The molecule has 0 aliphatic heterocycles. The quantitative estimate of drug-likeness (QED) is 0.912. The van der Waals surface area contributed by atoms with Gasteiger partial charge in [-0.1, -0.05) is 19.3 Å². The molecule has 1 amide bonds. The summed E-state index contributed by atoms with van der Waals surface area (Å²) in [6.07, 6.45) is 8.90. The lowest BCUT2D eigenvalue weighted by Gasteiger charge is -2.36. The lowest BCUT2D eigenvalue weighted by atomic mass is 9.82. The maximum Gasteiger partial charge on any atom is 0.264 e. The van der Waals surface area contributed by atoms with Crippen molar-refractivity contribution < 1.29 is 9.90 Å². The number of rotatable bonds is 4. The van der Waals surface area contributed by atoms with E-state index in [2.05, 4.69) is 5.32 Å². The van der Waals surface area contributed by atoms with Gasteiger partial charge in [0.05, 0.1) is 17.8 Å². The highest BCUT2D eigenvalue weighted by atomic mass is 32.1. The Hall–Kier alpha value is -1.59. The number of aliphatic hydroxyl groups is 1. The van der Waals surface area contributed by atoms with Gasteiger partial charge in [-0.3, -0.25) is 4.79 Å². The zero-order valence-electron chi connectivity index (χ0n) is 11.9. The van der Waals surface area contributed by atoms with E-state index >= 15 is 0 Å². The average Bonchev–Trinajstić information content (AvgIpc) is 3.18. The number of carbonyl (C=O) groups is 1. The van der Waals surface area contributed by atoms with Crippen LogP contribution >= 0.6 is 11.3 Å². The first-order valence-electron chi connectivity index (χ1n) is 7.38. The van der Waals surface area contributed by atoms with E-state index in [-0.39, 0.29) is 12.5 Å². The third kappa shape index (κ3) is 2.89. The number of carbonyl (C=O) groups excluding carboxylic acids is 1. The van der Waals surface area contributed by atoms with Gasteiger partial charge in [0.2, 0.25) is 0 Å². The van der Waals surface area contributed by atoms with Crippen LogP contribution in [0, 0.1) is 0 Å². The Balaban J connectivity index is 1.81. The van der Waals surface area contributed by atoms with Crippen molar-refractivity contribution in [2.24, 2.45) is 0 Å². The lowest BCUT2D eigenvalue weighted by Crippen LogP contribution is -2.52. The maximum atomic E-state index is 12.6. The van der Waals surface area contributed by atoms with Crippen LogP contribution in [0.25, 0.3) is 5.69 Å². The first-order chi connectivity index (χ1) is 10.2. The van der Waals surface area contributed by atoms with E-state index in [0.29, 0.717) is 4.88 Å². The molecule has 5 heteroatoms. The van der Waals surface area contributed by atoms with Crippen LogP contribution in [0.1, 0.15) is 41.8 Å². The van der Waals surface area contributed by atoms with Gasteiger partial charge in [0.25, 0.3) is 5.91 Å². The molecule has 0 radical (unpaired) electrons. The predicted octanol–water partition coefficient (Wildman–Crippen LogP) is 2.96. The van der Waals surface area contributed by atoms with Crippen molar-refractivity contribution in [3.63, 3.8) is 0 Å². The van der Waals surface area contributed by atoms with Crippen molar-refractivity contribution in [3.8, 4) is 5.69 Å². The first-order valence-corrected chi connectivity index (χ1v) is 8.26. The number of hydrogen-bond acceptors (Lipinski definition) is 3. The van der Waals surface area contributed by atoms with E-state index in [1.165, 1.54) is 17.8 Å². The Morgan fingerprint density at radius 3 is 2.67 bits per heavy atom. The number of amides is 1. The van der Waals surface area contributed by atoms with Crippen molar-refractivity contribution >= 4 is 17.2 Å². The number of nitrogens with zero attached hydrogens (tertiary/aromatic N) is 1. The minimum Gasteiger partial charge on any atom is -0.394 e. The van der Waals surface area contributed by atoms with Gasteiger partial charge in [0.15, 0.2) is 0 Å². The molecule has 2 heterocycles. The molecule has 0 aromatic carbocycles. The van der Waals surface area contributed by atoms with Crippen LogP contribution in [0.4, 0.5) is 0 Å². The Morgan fingerprint density at radius 1 is 1.29 bits per heavy atom. The van der Waals surface area contributed by atoms with Gasteiger partial charge in [0, 0.05) is 12.4 Å². The summed E-state index contributed by atoms with van der Waals surface area (Å²) in [5.41, 5.74) is 0.458. The molecule has 0 spiro atoms. The summed E-state index contributed by atoms with van der Waals surface area (Å²) < 4.78 is 1.94. The van der Waals surface area contributed by atoms with E-state index in [1.54, 1.807) is 0 Å². The van der Waals surface area contributed by atoms with Crippen LogP contribution in [-0.4, -0.2) is 27.7 Å². The molecule has 21 heavy (non-hydrogen) atoms.